The predicted molar refractivity (Wildman–Crippen MR) is 65.7 cm³/mol. The third-order valence-corrected chi connectivity index (χ3v) is 3.40. The van der Waals surface area contributed by atoms with Crippen LogP contribution in [0.3, 0.4) is 0 Å². The number of rotatable bonds is 1. The van der Waals surface area contributed by atoms with Crippen molar-refractivity contribution in [1.82, 2.24) is 10.2 Å². The molecule has 1 rings (SSSR count). The molecule has 0 radical (unpaired) electrons. The number of nitrogens with zero attached hydrogens (tertiary/aromatic N) is 1. The Labute approximate surface area is 94.4 Å². The van der Waals surface area contributed by atoms with E-state index in [1.807, 2.05) is 0 Å². The van der Waals surface area contributed by atoms with Gasteiger partial charge in [-0.2, -0.15) is 0 Å². The smallest absolute Gasteiger partial charge is 0.0686 e. The molecule has 0 aromatic rings. The molecule has 2 heteroatoms. The normalized spacial score (nSPS) is 30.9. The minimum atomic E-state index is 0.243. The van der Waals surface area contributed by atoms with Gasteiger partial charge < -0.3 is 5.32 Å². The van der Waals surface area contributed by atoms with E-state index in [1.54, 1.807) is 0 Å². The van der Waals surface area contributed by atoms with Crippen molar-refractivity contribution in [3.05, 3.63) is 0 Å². The van der Waals surface area contributed by atoms with Gasteiger partial charge in [-0.15, -0.1) is 6.42 Å². The molecule has 0 amide bonds. The van der Waals surface area contributed by atoms with Gasteiger partial charge >= 0.3 is 0 Å². The van der Waals surface area contributed by atoms with Gasteiger partial charge in [-0.1, -0.05) is 26.7 Å². The first-order valence-corrected chi connectivity index (χ1v) is 5.81. The summed E-state index contributed by atoms with van der Waals surface area (Å²) in [5.41, 5.74) is 0.298. The summed E-state index contributed by atoms with van der Waals surface area (Å²) in [6, 6.07) is 1.31. The summed E-state index contributed by atoms with van der Waals surface area (Å²) in [6.45, 7) is 13.3. The molecule has 1 aliphatic heterocycles. The molecule has 86 valence electrons. The zero-order valence-corrected chi connectivity index (χ0v) is 10.7. The van der Waals surface area contributed by atoms with Crippen molar-refractivity contribution in [1.29, 1.82) is 0 Å². The van der Waals surface area contributed by atoms with Gasteiger partial charge in [0.1, 0.15) is 0 Å². The molecule has 15 heavy (non-hydrogen) atoms. The van der Waals surface area contributed by atoms with Crippen molar-refractivity contribution in [3.8, 4) is 12.3 Å². The maximum Gasteiger partial charge on any atom is 0.0686 e. The minimum Gasteiger partial charge on any atom is -0.311 e. The molecule has 3 unspecified atom stereocenters. The van der Waals surface area contributed by atoms with Crippen LogP contribution in [-0.2, 0) is 0 Å². The highest BCUT2D eigenvalue weighted by molar-refractivity contribution is 5.02. The van der Waals surface area contributed by atoms with Crippen LogP contribution in [0.25, 0.3) is 0 Å². The zero-order chi connectivity index (χ0) is 11.6. The summed E-state index contributed by atoms with van der Waals surface area (Å²) in [4.78, 5) is 2.42. The van der Waals surface area contributed by atoms with Crippen LogP contribution in [0.1, 0.15) is 34.6 Å². The highest BCUT2D eigenvalue weighted by Gasteiger charge is 2.33. The summed E-state index contributed by atoms with van der Waals surface area (Å²) in [6.07, 6.45) is 5.51. The van der Waals surface area contributed by atoms with Gasteiger partial charge in [0.25, 0.3) is 0 Å². The van der Waals surface area contributed by atoms with Gasteiger partial charge in [0.15, 0.2) is 0 Å². The average molecular weight is 208 g/mol. The van der Waals surface area contributed by atoms with Gasteiger partial charge in [0.2, 0.25) is 0 Å². The van der Waals surface area contributed by atoms with E-state index >= 15 is 0 Å². The second-order valence-corrected chi connectivity index (χ2v) is 5.72. The lowest BCUT2D eigenvalue weighted by Gasteiger charge is -2.45. The van der Waals surface area contributed by atoms with E-state index in [-0.39, 0.29) is 6.04 Å². The Hall–Kier alpha value is -0.520. The Morgan fingerprint density at radius 3 is 2.53 bits per heavy atom. The standard InChI is InChI=1S/C13H24N2/c1-7-10(2)15-9-12(13(4,5)6)14-8-11(15)3/h1,10-12,14H,8-9H2,2-6H3. The van der Waals surface area contributed by atoms with E-state index < -0.39 is 0 Å². The summed E-state index contributed by atoms with van der Waals surface area (Å²) >= 11 is 0. The van der Waals surface area contributed by atoms with Crippen LogP contribution in [0.5, 0.6) is 0 Å². The van der Waals surface area contributed by atoms with Gasteiger partial charge in [-0.05, 0) is 19.3 Å². The van der Waals surface area contributed by atoms with Gasteiger partial charge in [0, 0.05) is 25.2 Å². The van der Waals surface area contributed by atoms with Crippen molar-refractivity contribution in [3.63, 3.8) is 0 Å². The fourth-order valence-corrected chi connectivity index (χ4v) is 2.10. The topological polar surface area (TPSA) is 15.3 Å². The SMILES string of the molecule is C#CC(C)N1CC(C(C)(C)C)NCC1C. The van der Waals surface area contributed by atoms with Crippen molar-refractivity contribution in [2.45, 2.75) is 52.7 Å². The van der Waals surface area contributed by atoms with Crippen molar-refractivity contribution >= 4 is 0 Å². The van der Waals surface area contributed by atoms with Gasteiger partial charge in [0.05, 0.1) is 6.04 Å². The molecule has 1 fully saturated rings. The van der Waals surface area contributed by atoms with E-state index in [4.69, 9.17) is 6.42 Å². The molecule has 1 saturated heterocycles. The molecule has 1 aliphatic rings. The molecule has 1 N–H and O–H groups in total. The Morgan fingerprint density at radius 2 is 2.07 bits per heavy atom. The lowest BCUT2D eigenvalue weighted by atomic mass is 9.84. The van der Waals surface area contributed by atoms with Crippen molar-refractivity contribution < 1.29 is 0 Å². The summed E-state index contributed by atoms with van der Waals surface area (Å²) < 4.78 is 0. The maximum absolute atomic E-state index is 5.51. The lowest BCUT2D eigenvalue weighted by molar-refractivity contribution is 0.0806. The third kappa shape index (κ3) is 2.96. The number of piperazine rings is 1. The van der Waals surface area contributed by atoms with E-state index in [1.165, 1.54) is 0 Å². The highest BCUT2D eigenvalue weighted by atomic mass is 15.2. The average Bonchev–Trinajstić information content (AvgIpc) is 2.15. The van der Waals surface area contributed by atoms with E-state index in [9.17, 15) is 0 Å². The van der Waals surface area contributed by atoms with E-state index in [2.05, 4.69) is 50.8 Å². The van der Waals surface area contributed by atoms with Crippen molar-refractivity contribution in [2.75, 3.05) is 13.1 Å². The first-order valence-electron chi connectivity index (χ1n) is 5.81. The van der Waals surface area contributed by atoms with Crippen LogP contribution in [0.2, 0.25) is 0 Å². The van der Waals surface area contributed by atoms with Crippen LogP contribution in [0.4, 0.5) is 0 Å². The lowest BCUT2D eigenvalue weighted by Crippen LogP contribution is -2.61. The molecule has 3 atom stereocenters. The van der Waals surface area contributed by atoms with Crippen LogP contribution in [-0.4, -0.2) is 36.1 Å². The summed E-state index contributed by atoms with van der Waals surface area (Å²) in [5.74, 6) is 2.84. The van der Waals surface area contributed by atoms with Crippen LogP contribution in [0.15, 0.2) is 0 Å². The minimum absolute atomic E-state index is 0.243. The fourth-order valence-electron chi connectivity index (χ4n) is 2.10. The number of terminal acetylenes is 1. The molecule has 2 nitrogen and oxygen atoms in total. The Bertz CT molecular complexity index is 246. The second kappa shape index (κ2) is 4.55. The number of hydrogen-bond donors (Lipinski definition) is 1. The molecule has 0 aliphatic carbocycles. The van der Waals surface area contributed by atoms with E-state index in [0.717, 1.165) is 13.1 Å². The quantitative estimate of drug-likeness (QED) is 0.660. The summed E-state index contributed by atoms with van der Waals surface area (Å²) in [5, 5.41) is 3.61. The molecule has 0 aromatic carbocycles. The number of nitrogens with one attached hydrogen (secondary N) is 1. The van der Waals surface area contributed by atoms with Crippen LogP contribution in [0, 0.1) is 17.8 Å². The maximum atomic E-state index is 5.51. The second-order valence-electron chi connectivity index (χ2n) is 5.72. The third-order valence-electron chi connectivity index (χ3n) is 3.40. The van der Waals surface area contributed by atoms with Gasteiger partial charge in [-0.25, -0.2) is 0 Å². The molecule has 0 spiro atoms. The molecule has 0 saturated carbocycles. The van der Waals surface area contributed by atoms with Crippen LogP contribution < -0.4 is 5.32 Å². The molecule has 0 aromatic heterocycles. The molecule has 1 heterocycles. The molecular formula is C13H24N2. The number of hydrogen-bond acceptors (Lipinski definition) is 2. The molecule has 0 bridgehead atoms. The van der Waals surface area contributed by atoms with E-state index in [0.29, 0.717) is 17.5 Å². The van der Waals surface area contributed by atoms with Gasteiger partial charge in [-0.3, -0.25) is 4.90 Å². The summed E-state index contributed by atoms with van der Waals surface area (Å²) in [7, 11) is 0. The Kier molecular flexibility index (Phi) is 3.81. The Balaban J connectivity index is 2.69. The fraction of sp³-hybridized carbons (Fsp3) is 0.846. The zero-order valence-electron chi connectivity index (χ0n) is 10.7. The first kappa shape index (κ1) is 12.5. The largest absolute Gasteiger partial charge is 0.311 e. The highest BCUT2D eigenvalue weighted by Crippen LogP contribution is 2.24. The monoisotopic (exact) mass is 208 g/mol. The molecular weight excluding hydrogens is 184 g/mol. The van der Waals surface area contributed by atoms with Crippen molar-refractivity contribution in [2.24, 2.45) is 5.41 Å². The first-order chi connectivity index (χ1) is 6.86. The Morgan fingerprint density at radius 1 is 1.47 bits per heavy atom. The predicted octanol–water partition coefficient (Wildman–Crippen LogP) is 1.72. The van der Waals surface area contributed by atoms with Crippen LogP contribution >= 0.6 is 0 Å².